The molecule has 0 saturated carbocycles. The molecule has 0 unspecified atom stereocenters. The van der Waals surface area contributed by atoms with E-state index in [9.17, 15) is 24.6 Å². The maximum absolute atomic E-state index is 13.3. The molecule has 4 atom stereocenters. The predicted molar refractivity (Wildman–Crippen MR) is 117 cm³/mol. The van der Waals surface area contributed by atoms with Crippen molar-refractivity contribution in [3.05, 3.63) is 27.2 Å². The van der Waals surface area contributed by atoms with E-state index in [1.165, 1.54) is 27.1 Å². The molecule has 3 heterocycles. The molecule has 178 valence electrons. The zero-order valence-corrected chi connectivity index (χ0v) is 18.9. The van der Waals surface area contributed by atoms with Crippen molar-refractivity contribution < 1.29 is 19.7 Å². The number of nitrogens with one attached hydrogen (secondary N) is 1. The third kappa shape index (κ3) is 4.37. The number of aryl methyl sites for hydroxylation is 1. The standard InChI is InChI=1S/C21H33N5O6/c1-4-6-8-10-24-17-13(19(30)25(21(24)31)11-9-7-5-2)26(12-23-17)20-15(28)14(27)16(32-20)18(29)22-3/h12,14-16,20,27-28H,4-11H2,1-3H3,(H,22,29)/t14-,15+,16-,20+/m0/s1. The Labute approximate surface area is 185 Å². The van der Waals surface area contributed by atoms with E-state index < -0.39 is 41.7 Å². The summed E-state index contributed by atoms with van der Waals surface area (Å²) in [5.74, 6) is -0.586. The summed E-state index contributed by atoms with van der Waals surface area (Å²) in [6, 6.07) is 0. The van der Waals surface area contributed by atoms with Crippen molar-refractivity contribution in [3.63, 3.8) is 0 Å². The van der Waals surface area contributed by atoms with Crippen LogP contribution < -0.4 is 16.6 Å². The highest BCUT2D eigenvalue weighted by atomic mass is 16.6. The average molecular weight is 452 g/mol. The van der Waals surface area contributed by atoms with Gasteiger partial charge >= 0.3 is 5.69 Å². The van der Waals surface area contributed by atoms with E-state index >= 15 is 0 Å². The number of nitrogens with zero attached hydrogens (tertiary/aromatic N) is 4. The minimum absolute atomic E-state index is 0.103. The quantitative estimate of drug-likeness (QED) is 0.435. The van der Waals surface area contributed by atoms with E-state index in [4.69, 9.17) is 4.74 Å². The molecule has 2 aromatic rings. The Morgan fingerprint density at radius 1 is 1.06 bits per heavy atom. The number of hydrogen-bond donors (Lipinski definition) is 3. The van der Waals surface area contributed by atoms with Crippen LogP contribution in [-0.4, -0.2) is 60.2 Å². The summed E-state index contributed by atoms with van der Waals surface area (Å²) < 4.78 is 9.64. The molecule has 3 rings (SSSR count). The molecule has 1 aliphatic heterocycles. The zero-order chi connectivity index (χ0) is 23.4. The van der Waals surface area contributed by atoms with E-state index in [1.807, 2.05) is 6.92 Å². The SMILES string of the molecule is CCCCCn1c(=O)c2c(ncn2[C@@H]2O[C@H](C(=O)NC)[C@@H](O)[C@H]2O)n(CCCCC)c1=O. The van der Waals surface area contributed by atoms with Crippen LogP contribution in [0.1, 0.15) is 58.6 Å². The van der Waals surface area contributed by atoms with Gasteiger partial charge in [0.05, 0.1) is 6.33 Å². The van der Waals surface area contributed by atoms with Gasteiger partial charge < -0.3 is 20.3 Å². The number of carbonyl (C=O) groups is 1. The molecule has 32 heavy (non-hydrogen) atoms. The molecule has 0 aliphatic carbocycles. The summed E-state index contributed by atoms with van der Waals surface area (Å²) in [6.07, 6.45) is 1.05. The summed E-state index contributed by atoms with van der Waals surface area (Å²) in [5.41, 5.74) is -0.627. The third-order valence-corrected chi connectivity index (χ3v) is 5.93. The Morgan fingerprint density at radius 3 is 2.28 bits per heavy atom. The maximum Gasteiger partial charge on any atom is 0.332 e. The fourth-order valence-corrected chi connectivity index (χ4v) is 4.09. The second-order valence-electron chi connectivity index (χ2n) is 8.17. The summed E-state index contributed by atoms with van der Waals surface area (Å²) in [6.45, 7) is 4.78. The van der Waals surface area contributed by atoms with Gasteiger partial charge in [-0.05, 0) is 12.8 Å². The molecule has 11 nitrogen and oxygen atoms in total. The highest BCUT2D eigenvalue weighted by Gasteiger charge is 2.47. The van der Waals surface area contributed by atoms with Crippen LogP contribution in [0.5, 0.6) is 0 Å². The Hall–Kier alpha value is -2.50. The molecule has 0 aromatic carbocycles. The number of ether oxygens (including phenoxy) is 1. The first kappa shape index (κ1) is 24.1. The molecule has 1 amide bonds. The van der Waals surface area contributed by atoms with E-state index in [-0.39, 0.29) is 17.7 Å². The number of rotatable bonds is 10. The zero-order valence-electron chi connectivity index (χ0n) is 18.9. The first-order chi connectivity index (χ1) is 15.4. The molecule has 2 aromatic heterocycles. The minimum atomic E-state index is -1.47. The lowest BCUT2D eigenvalue weighted by Crippen LogP contribution is -2.41. The lowest BCUT2D eigenvalue weighted by atomic mass is 10.1. The van der Waals surface area contributed by atoms with Gasteiger partial charge in [0.1, 0.15) is 12.2 Å². The molecule has 1 aliphatic rings. The molecule has 1 saturated heterocycles. The Bertz CT molecular complexity index is 1060. The van der Waals surface area contributed by atoms with Crippen molar-refractivity contribution in [1.82, 2.24) is 24.0 Å². The van der Waals surface area contributed by atoms with Gasteiger partial charge in [0, 0.05) is 20.1 Å². The summed E-state index contributed by atoms with van der Waals surface area (Å²) in [5, 5.41) is 23.2. The summed E-state index contributed by atoms with van der Waals surface area (Å²) in [4.78, 5) is 42.8. The van der Waals surface area contributed by atoms with Gasteiger partial charge in [0.2, 0.25) is 0 Å². The highest BCUT2D eigenvalue weighted by Crippen LogP contribution is 2.31. The Balaban J connectivity index is 2.12. The number of imidazole rings is 1. The molecule has 11 heteroatoms. The van der Waals surface area contributed by atoms with Gasteiger partial charge in [-0.1, -0.05) is 39.5 Å². The van der Waals surface area contributed by atoms with Gasteiger partial charge in [0.25, 0.3) is 11.5 Å². The van der Waals surface area contributed by atoms with E-state index in [2.05, 4.69) is 17.2 Å². The second-order valence-corrected chi connectivity index (χ2v) is 8.17. The Kier molecular flexibility index (Phi) is 7.86. The first-order valence-corrected chi connectivity index (χ1v) is 11.3. The summed E-state index contributed by atoms with van der Waals surface area (Å²) in [7, 11) is 1.40. The van der Waals surface area contributed by atoms with Crippen LogP contribution in [0, 0.1) is 0 Å². The fraction of sp³-hybridized carbons (Fsp3) is 0.714. The molecule has 0 bridgehead atoms. The van der Waals surface area contributed by atoms with Crippen LogP contribution >= 0.6 is 0 Å². The molecule has 3 N–H and O–H groups in total. The topological polar surface area (TPSA) is 141 Å². The lowest BCUT2D eigenvalue weighted by Gasteiger charge is -2.18. The van der Waals surface area contributed by atoms with Crippen LogP contribution in [0.15, 0.2) is 15.9 Å². The number of amides is 1. The Morgan fingerprint density at radius 2 is 1.69 bits per heavy atom. The molecule has 0 spiro atoms. The second kappa shape index (κ2) is 10.4. The molecular weight excluding hydrogens is 418 g/mol. The molecule has 1 fully saturated rings. The van der Waals surface area contributed by atoms with Crippen LogP contribution in [0.4, 0.5) is 0 Å². The van der Waals surface area contributed by atoms with Crippen molar-refractivity contribution in [2.75, 3.05) is 7.05 Å². The first-order valence-electron chi connectivity index (χ1n) is 11.3. The van der Waals surface area contributed by atoms with Crippen LogP contribution in [-0.2, 0) is 22.6 Å². The van der Waals surface area contributed by atoms with E-state index in [1.54, 1.807) is 0 Å². The predicted octanol–water partition coefficient (Wildman–Crippen LogP) is 0.105. The smallest absolute Gasteiger partial charge is 0.332 e. The van der Waals surface area contributed by atoms with Crippen molar-refractivity contribution >= 4 is 17.1 Å². The van der Waals surface area contributed by atoms with Gasteiger partial charge in [-0.2, -0.15) is 0 Å². The normalized spacial score (nSPS) is 23.2. The van der Waals surface area contributed by atoms with E-state index in [0.29, 0.717) is 13.0 Å². The largest absolute Gasteiger partial charge is 0.387 e. The van der Waals surface area contributed by atoms with Crippen LogP contribution in [0.2, 0.25) is 0 Å². The van der Waals surface area contributed by atoms with Crippen molar-refractivity contribution in [2.24, 2.45) is 0 Å². The number of likely N-dealkylation sites (N-methyl/N-ethyl adjacent to an activating group) is 1. The van der Waals surface area contributed by atoms with Crippen molar-refractivity contribution in [2.45, 2.75) is 90.0 Å². The monoisotopic (exact) mass is 451 g/mol. The maximum atomic E-state index is 13.3. The minimum Gasteiger partial charge on any atom is -0.387 e. The van der Waals surface area contributed by atoms with Crippen molar-refractivity contribution in [1.29, 1.82) is 0 Å². The number of hydrogen-bond acceptors (Lipinski definition) is 7. The molecular formula is C21H33N5O6. The van der Waals surface area contributed by atoms with E-state index in [0.717, 1.165) is 32.1 Å². The fourth-order valence-electron chi connectivity index (χ4n) is 4.09. The number of fused-ring (bicyclic) bond motifs is 1. The van der Waals surface area contributed by atoms with Gasteiger partial charge in [-0.25, -0.2) is 9.78 Å². The lowest BCUT2D eigenvalue weighted by molar-refractivity contribution is -0.137. The summed E-state index contributed by atoms with van der Waals surface area (Å²) >= 11 is 0. The number of unbranched alkanes of at least 4 members (excludes halogenated alkanes) is 4. The number of aliphatic hydroxyl groups excluding tert-OH is 2. The van der Waals surface area contributed by atoms with Gasteiger partial charge in [-0.3, -0.25) is 23.3 Å². The van der Waals surface area contributed by atoms with Gasteiger partial charge in [-0.15, -0.1) is 0 Å². The van der Waals surface area contributed by atoms with Crippen LogP contribution in [0.25, 0.3) is 11.2 Å². The third-order valence-electron chi connectivity index (χ3n) is 5.93. The van der Waals surface area contributed by atoms with Crippen molar-refractivity contribution in [3.8, 4) is 0 Å². The average Bonchev–Trinajstić information content (AvgIpc) is 3.34. The van der Waals surface area contributed by atoms with Gasteiger partial charge in [0.15, 0.2) is 23.5 Å². The number of aliphatic hydroxyl groups is 2. The molecule has 0 radical (unpaired) electrons. The highest BCUT2D eigenvalue weighted by molar-refractivity contribution is 5.81. The van der Waals surface area contributed by atoms with Crippen LogP contribution in [0.3, 0.4) is 0 Å². The number of aromatic nitrogens is 4. The number of carbonyl (C=O) groups excluding carboxylic acids is 1.